The molecule has 3 aromatic rings. The molecular weight excluding hydrogens is 505 g/mol. The number of benzene rings is 3. The third-order valence-electron chi connectivity index (χ3n) is 6.19. The Morgan fingerprint density at radius 3 is 2.00 bits per heavy atom. The van der Waals surface area contributed by atoms with E-state index in [-0.39, 0.29) is 17.3 Å². The highest BCUT2D eigenvalue weighted by atomic mass is 32.2. The van der Waals surface area contributed by atoms with Gasteiger partial charge in [0.05, 0.1) is 10.6 Å². The van der Waals surface area contributed by atoms with Gasteiger partial charge in [-0.25, -0.2) is 12.8 Å². The fraction of sp³-hybridized carbons (Fsp3) is 0.310. The molecule has 0 saturated heterocycles. The molecule has 0 fully saturated rings. The number of halogens is 1. The maximum atomic E-state index is 13.8. The van der Waals surface area contributed by atoms with Crippen molar-refractivity contribution in [1.29, 1.82) is 0 Å². The first kappa shape index (κ1) is 28.8. The van der Waals surface area contributed by atoms with E-state index in [1.165, 1.54) is 41.3 Å². The lowest BCUT2D eigenvalue weighted by Gasteiger charge is -2.32. The van der Waals surface area contributed by atoms with Crippen LogP contribution in [0.4, 0.5) is 10.1 Å². The van der Waals surface area contributed by atoms with Crippen LogP contribution >= 0.6 is 0 Å². The topological polar surface area (TPSA) is 86.8 Å². The van der Waals surface area contributed by atoms with Gasteiger partial charge in [-0.15, -0.1) is 0 Å². The molecule has 0 bridgehead atoms. The van der Waals surface area contributed by atoms with E-state index >= 15 is 0 Å². The predicted octanol–water partition coefficient (Wildman–Crippen LogP) is 4.58. The van der Waals surface area contributed by atoms with Gasteiger partial charge < -0.3 is 10.2 Å². The fourth-order valence-electron chi connectivity index (χ4n) is 3.84. The van der Waals surface area contributed by atoms with Crippen molar-refractivity contribution in [2.24, 2.45) is 0 Å². The summed E-state index contributed by atoms with van der Waals surface area (Å²) in [4.78, 5) is 28.0. The van der Waals surface area contributed by atoms with Gasteiger partial charge in [0, 0.05) is 13.1 Å². The minimum Gasteiger partial charge on any atom is -0.354 e. The molecule has 1 N–H and O–H groups in total. The van der Waals surface area contributed by atoms with Gasteiger partial charge in [-0.1, -0.05) is 54.4 Å². The van der Waals surface area contributed by atoms with Crippen LogP contribution < -0.4 is 9.62 Å². The van der Waals surface area contributed by atoms with Gasteiger partial charge in [0.15, 0.2) is 0 Å². The number of nitrogens with zero attached hydrogens (tertiary/aromatic N) is 2. The third kappa shape index (κ3) is 7.19. The Bertz CT molecular complexity index is 1340. The number of carbonyl (C=O) groups is 2. The van der Waals surface area contributed by atoms with Crippen molar-refractivity contribution in [3.8, 4) is 0 Å². The monoisotopic (exact) mass is 539 g/mol. The van der Waals surface area contributed by atoms with Crippen LogP contribution in [0.5, 0.6) is 0 Å². The van der Waals surface area contributed by atoms with Crippen LogP contribution in [0.1, 0.15) is 37.0 Å². The highest BCUT2D eigenvalue weighted by Gasteiger charge is 2.32. The molecule has 0 aliphatic rings. The van der Waals surface area contributed by atoms with Gasteiger partial charge in [0.25, 0.3) is 10.0 Å². The number of aryl methyl sites for hydroxylation is 2. The molecule has 0 aromatic heterocycles. The summed E-state index contributed by atoms with van der Waals surface area (Å²) >= 11 is 0. The Balaban J connectivity index is 2.00. The van der Waals surface area contributed by atoms with Crippen LogP contribution in [0.15, 0.2) is 77.7 Å². The first-order chi connectivity index (χ1) is 18.0. The molecule has 0 aliphatic heterocycles. The molecule has 3 aromatic carbocycles. The normalized spacial score (nSPS) is 12.0. The molecule has 2 amide bonds. The number of amides is 2. The molecule has 1 unspecified atom stereocenters. The van der Waals surface area contributed by atoms with Crippen LogP contribution in [0, 0.1) is 19.7 Å². The highest BCUT2D eigenvalue weighted by molar-refractivity contribution is 7.92. The molecule has 38 heavy (non-hydrogen) atoms. The number of sulfonamides is 1. The molecule has 3 rings (SSSR count). The second-order valence-corrected chi connectivity index (χ2v) is 11.1. The number of hydrogen-bond donors (Lipinski definition) is 1. The summed E-state index contributed by atoms with van der Waals surface area (Å²) in [6.07, 6.45) is 0.723. The molecule has 0 radical (unpaired) electrons. The van der Waals surface area contributed by atoms with Crippen molar-refractivity contribution < 1.29 is 22.4 Å². The van der Waals surface area contributed by atoms with E-state index in [4.69, 9.17) is 0 Å². The number of rotatable bonds is 11. The number of anilines is 1. The Kier molecular flexibility index (Phi) is 9.63. The summed E-state index contributed by atoms with van der Waals surface area (Å²) in [6, 6.07) is 18.0. The molecule has 1 atom stereocenters. The van der Waals surface area contributed by atoms with Crippen LogP contribution in [0.3, 0.4) is 0 Å². The van der Waals surface area contributed by atoms with E-state index in [1.54, 1.807) is 43.3 Å². The molecule has 202 valence electrons. The number of carbonyl (C=O) groups excluding carboxylic acids is 2. The highest BCUT2D eigenvalue weighted by Crippen LogP contribution is 2.25. The Morgan fingerprint density at radius 2 is 1.45 bits per heavy atom. The fourth-order valence-corrected chi connectivity index (χ4v) is 5.26. The largest absolute Gasteiger partial charge is 0.354 e. The average molecular weight is 540 g/mol. The molecule has 0 saturated carbocycles. The molecular formula is C29H34FN3O4S. The zero-order valence-electron chi connectivity index (χ0n) is 22.1. The zero-order chi connectivity index (χ0) is 27.9. The third-order valence-corrected chi connectivity index (χ3v) is 7.98. The van der Waals surface area contributed by atoms with Crippen LogP contribution in [-0.2, 0) is 26.2 Å². The Hall–Kier alpha value is -3.72. The van der Waals surface area contributed by atoms with Gasteiger partial charge >= 0.3 is 0 Å². The summed E-state index contributed by atoms with van der Waals surface area (Å²) in [7, 11) is -4.12. The Morgan fingerprint density at radius 1 is 0.895 bits per heavy atom. The van der Waals surface area contributed by atoms with E-state index in [1.807, 2.05) is 20.8 Å². The number of hydrogen-bond acceptors (Lipinski definition) is 4. The van der Waals surface area contributed by atoms with E-state index in [0.717, 1.165) is 21.9 Å². The first-order valence-electron chi connectivity index (χ1n) is 12.5. The van der Waals surface area contributed by atoms with Crippen molar-refractivity contribution in [2.75, 3.05) is 17.4 Å². The molecule has 7 nitrogen and oxygen atoms in total. The maximum absolute atomic E-state index is 13.8. The van der Waals surface area contributed by atoms with Gasteiger partial charge in [0.1, 0.15) is 18.4 Å². The molecule has 0 heterocycles. The zero-order valence-corrected chi connectivity index (χ0v) is 23.0. The predicted molar refractivity (Wildman–Crippen MR) is 147 cm³/mol. The summed E-state index contributed by atoms with van der Waals surface area (Å²) in [6.45, 7) is 7.18. The lowest BCUT2D eigenvalue weighted by Crippen LogP contribution is -2.51. The average Bonchev–Trinajstić information content (AvgIpc) is 2.90. The second-order valence-electron chi connectivity index (χ2n) is 9.28. The Labute approximate surface area is 224 Å². The minimum atomic E-state index is -4.12. The van der Waals surface area contributed by atoms with Crippen LogP contribution in [-0.4, -0.2) is 44.3 Å². The first-order valence-corrected chi connectivity index (χ1v) is 13.9. The van der Waals surface area contributed by atoms with E-state index in [0.29, 0.717) is 17.8 Å². The molecule has 9 heteroatoms. The van der Waals surface area contributed by atoms with Crippen molar-refractivity contribution in [1.82, 2.24) is 10.2 Å². The van der Waals surface area contributed by atoms with Gasteiger partial charge in [-0.2, -0.15) is 0 Å². The summed E-state index contributed by atoms with van der Waals surface area (Å²) in [5.41, 5.74) is 2.78. The van der Waals surface area contributed by atoms with Crippen LogP contribution in [0.25, 0.3) is 0 Å². The number of nitrogens with one attached hydrogen (secondary N) is 1. The van der Waals surface area contributed by atoms with Gasteiger partial charge in [-0.05, 0) is 69.2 Å². The summed E-state index contributed by atoms with van der Waals surface area (Å²) < 4.78 is 42.1. The van der Waals surface area contributed by atoms with E-state index in [2.05, 4.69) is 5.32 Å². The van der Waals surface area contributed by atoms with Crippen molar-refractivity contribution in [3.63, 3.8) is 0 Å². The standard InChI is InChI=1S/C29H34FN3O4S/c1-5-18-31-29(35)23(4)32(19-24-10-12-25(30)13-11-24)28(34)20-33(26-14-6-21(2)7-15-26)38(36,37)27-16-8-22(3)9-17-27/h6-17,23H,5,18-20H2,1-4H3,(H,31,35). The van der Waals surface area contributed by atoms with Gasteiger partial charge in [0.2, 0.25) is 11.8 Å². The minimum absolute atomic E-state index is 0.00609. The lowest BCUT2D eigenvalue weighted by molar-refractivity contribution is -0.139. The lowest BCUT2D eigenvalue weighted by atomic mass is 10.1. The van der Waals surface area contributed by atoms with Crippen LogP contribution in [0.2, 0.25) is 0 Å². The SMILES string of the molecule is CCCNC(=O)C(C)N(Cc1ccc(F)cc1)C(=O)CN(c1ccc(C)cc1)S(=O)(=O)c1ccc(C)cc1. The summed E-state index contributed by atoms with van der Waals surface area (Å²) in [5, 5.41) is 2.79. The van der Waals surface area contributed by atoms with Crippen molar-refractivity contribution in [3.05, 3.63) is 95.3 Å². The quantitative estimate of drug-likeness (QED) is 0.387. The molecule has 0 aliphatic carbocycles. The van der Waals surface area contributed by atoms with Crippen molar-refractivity contribution >= 4 is 27.5 Å². The smallest absolute Gasteiger partial charge is 0.264 e. The van der Waals surface area contributed by atoms with E-state index in [9.17, 15) is 22.4 Å². The maximum Gasteiger partial charge on any atom is 0.264 e. The molecule has 0 spiro atoms. The summed E-state index contributed by atoms with van der Waals surface area (Å²) in [5.74, 6) is -1.34. The van der Waals surface area contributed by atoms with Crippen molar-refractivity contribution in [2.45, 2.75) is 51.6 Å². The van der Waals surface area contributed by atoms with E-state index < -0.39 is 34.3 Å². The second kappa shape index (κ2) is 12.7. The van der Waals surface area contributed by atoms with Gasteiger partial charge in [-0.3, -0.25) is 13.9 Å².